The van der Waals surface area contributed by atoms with Crippen molar-refractivity contribution in [2.45, 2.75) is 24.7 Å². The lowest BCUT2D eigenvalue weighted by Gasteiger charge is -2.24. The molecule has 0 saturated carbocycles. The number of nitrogens with one attached hydrogen (secondary N) is 1. The molecule has 0 spiro atoms. The van der Waals surface area contributed by atoms with Crippen molar-refractivity contribution in [3.8, 4) is 0 Å². The third kappa shape index (κ3) is 4.06. The van der Waals surface area contributed by atoms with Crippen LogP contribution in [0.2, 0.25) is 0 Å². The molecule has 0 bridgehead atoms. The lowest BCUT2D eigenvalue weighted by Crippen LogP contribution is -2.41. The van der Waals surface area contributed by atoms with Crippen molar-refractivity contribution < 1.29 is 9.90 Å². The first kappa shape index (κ1) is 14.1. The smallest absolute Gasteiger partial charge is 0.232 e. The lowest BCUT2D eigenvalue weighted by molar-refractivity contribution is -0.121. The van der Waals surface area contributed by atoms with Crippen LogP contribution in [0.3, 0.4) is 0 Å². The van der Waals surface area contributed by atoms with Crippen molar-refractivity contribution in [1.29, 1.82) is 0 Å². The van der Waals surface area contributed by atoms with Crippen LogP contribution >= 0.6 is 11.8 Å². The fraction of sp³-hybridized carbons (Fsp3) is 0.462. The summed E-state index contributed by atoms with van der Waals surface area (Å²) in [4.78, 5) is 11.6. The van der Waals surface area contributed by atoms with E-state index in [0.717, 1.165) is 5.56 Å². The molecular weight excluding hydrogens is 234 g/mol. The third-order valence-corrected chi connectivity index (χ3v) is 3.65. The van der Waals surface area contributed by atoms with Gasteiger partial charge in [0.2, 0.25) is 5.91 Å². The molecule has 94 valence electrons. The van der Waals surface area contributed by atoms with Gasteiger partial charge in [0.05, 0.1) is 11.8 Å². The Morgan fingerprint density at radius 2 is 2.06 bits per heavy atom. The average Bonchev–Trinajstić information content (AvgIpc) is 2.36. The molecule has 0 heterocycles. The van der Waals surface area contributed by atoms with E-state index in [9.17, 15) is 9.90 Å². The van der Waals surface area contributed by atoms with Gasteiger partial charge >= 0.3 is 0 Å². The number of aliphatic hydroxyl groups is 1. The predicted molar refractivity (Wildman–Crippen MR) is 72.0 cm³/mol. The van der Waals surface area contributed by atoms with Crippen molar-refractivity contribution >= 4 is 17.7 Å². The summed E-state index contributed by atoms with van der Waals surface area (Å²) in [6.07, 6.45) is 1.89. The Kier molecular flexibility index (Phi) is 5.02. The second-order valence-corrected chi connectivity index (χ2v) is 5.41. The zero-order valence-corrected chi connectivity index (χ0v) is 11.3. The summed E-state index contributed by atoms with van der Waals surface area (Å²) in [5, 5.41) is 12.9. The highest BCUT2D eigenvalue weighted by Crippen LogP contribution is 2.19. The molecule has 1 amide bonds. The maximum atomic E-state index is 11.6. The number of carbonyl (C=O) groups excluding carboxylic acids is 1. The van der Waals surface area contributed by atoms with Crippen molar-refractivity contribution in [2.24, 2.45) is 0 Å². The van der Waals surface area contributed by atoms with Crippen LogP contribution in [0.5, 0.6) is 0 Å². The summed E-state index contributed by atoms with van der Waals surface area (Å²) in [5.41, 5.74) is -0.230. The van der Waals surface area contributed by atoms with Crippen molar-refractivity contribution in [3.05, 3.63) is 35.9 Å². The molecule has 2 atom stereocenters. The molecule has 0 aliphatic rings. The van der Waals surface area contributed by atoms with Gasteiger partial charge in [0, 0.05) is 0 Å². The topological polar surface area (TPSA) is 49.3 Å². The molecule has 17 heavy (non-hydrogen) atoms. The van der Waals surface area contributed by atoms with Gasteiger partial charge in [-0.25, -0.2) is 0 Å². The number of carbonyl (C=O) groups is 1. The molecule has 4 heteroatoms. The van der Waals surface area contributed by atoms with Crippen molar-refractivity contribution in [3.63, 3.8) is 0 Å². The van der Waals surface area contributed by atoms with Crippen LogP contribution < -0.4 is 5.32 Å². The molecule has 3 nitrogen and oxygen atoms in total. The molecule has 2 N–H and O–H groups in total. The number of rotatable bonds is 5. The Morgan fingerprint density at radius 3 is 2.59 bits per heavy atom. The van der Waals surface area contributed by atoms with Gasteiger partial charge in [-0.05, 0) is 25.7 Å². The average molecular weight is 253 g/mol. The second kappa shape index (κ2) is 6.07. The van der Waals surface area contributed by atoms with Crippen LogP contribution in [0.15, 0.2) is 30.3 Å². The molecule has 0 saturated heterocycles. The molecule has 0 fully saturated rings. The minimum Gasteiger partial charge on any atom is -0.384 e. The van der Waals surface area contributed by atoms with Crippen LogP contribution in [0.4, 0.5) is 0 Å². The van der Waals surface area contributed by atoms with E-state index in [-0.39, 0.29) is 17.7 Å². The van der Waals surface area contributed by atoms with E-state index in [1.54, 1.807) is 6.92 Å². The normalized spacial score (nSPS) is 16.0. The Balaban J connectivity index is 2.59. The highest BCUT2D eigenvalue weighted by atomic mass is 32.2. The fourth-order valence-electron chi connectivity index (χ4n) is 1.41. The van der Waals surface area contributed by atoms with Crippen LogP contribution in [-0.2, 0) is 10.4 Å². The van der Waals surface area contributed by atoms with Gasteiger partial charge in [0.25, 0.3) is 0 Å². The molecule has 1 aromatic carbocycles. The number of hydrogen-bond donors (Lipinski definition) is 2. The number of amides is 1. The van der Waals surface area contributed by atoms with E-state index < -0.39 is 5.60 Å². The fourth-order valence-corrected chi connectivity index (χ4v) is 1.71. The molecule has 1 aromatic rings. The van der Waals surface area contributed by atoms with Crippen molar-refractivity contribution in [1.82, 2.24) is 5.32 Å². The summed E-state index contributed by atoms with van der Waals surface area (Å²) in [6.45, 7) is 3.77. The molecular formula is C13H19NO2S. The zero-order chi connectivity index (χ0) is 12.9. The third-order valence-electron chi connectivity index (χ3n) is 2.73. The quantitative estimate of drug-likeness (QED) is 0.840. The van der Waals surface area contributed by atoms with Crippen molar-refractivity contribution in [2.75, 3.05) is 12.8 Å². The van der Waals surface area contributed by atoms with E-state index in [1.807, 2.05) is 43.5 Å². The molecule has 0 unspecified atom stereocenters. The Morgan fingerprint density at radius 1 is 1.47 bits per heavy atom. The molecule has 0 aromatic heterocycles. The van der Waals surface area contributed by atoms with Gasteiger partial charge in [-0.3, -0.25) is 4.79 Å². The van der Waals surface area contributed by atoms with E-state index in [1.165, 1.54) is 11.8 Å². The van der Waals surface area contributed by atoms with Gasteiger partial charge in [0.15, 0.2) is 0 Å². The first-order chi connectivity index (χ1) is 7.97. The van der Waals surface area contributed by atoms with E-state index >= 15 is 0 Å². The summed E-state index contributed by atoms with van der Waals surface area (Å²) in [6, 6.07) is 9.34. The van der Waals surface area contributed by atoms with Gasteiger partial charge in [-0.1, -0.05) is 30.3 Å². The number of thioether (sulfide) groups is 1. The van der Waals surface area contributed by atoms with E-state index in [2.05, 4.69) is 5.32 Å². The van der Waals surface area contributed by atoms with Gasteiger partial charge in [-0.2, -0.15) is 11.8 Å². The molecule has 0 radical (unpaired) electrons. The van der Waals surface area contributed by atoms with Crippen LogP contribution in [0.1, 0.15) is 19.4 Å². The molecule has 0 aliphatic carbocycles. The Hall–Kier alpha value is -1.00. The highest BCUT2D eigenvalue weighted by molar-refractivity contribution is 7.99. The van der Waals surface area contributed by atoms with Crippen LogP contribution in [0.25, 0.3) is 0 Å². The summed E-state index contributed by atoms with van der Waals surface area (Å²) < 4.78 is 0. The maximum Gasteiger partial charge on any atom is 0.232 e. The molecule has 1 rings (SSSR count). The highest BCUT2D eigenvalue weighted by Gasteiger charge is 2.24. The van der Waals surface area contributed by atoms with E-state index in [0.29, 0.717) is 0 Å². The van der Waals surface area contributed by atoms with Crippen LogP contribution in [0, 0.1) is 0 Å². The second-order valence-electron chi connectivity index (χ2n) is 4.24. The summed E-state index contributed by atoms with van der Waals surface area (Å²) in [7, 11) is 0. The number of hydrogen-bond acceptors (Lipinski definition) is 3. The first-order valence-corrected chi connectivity index (χ1v) is 6.84. The van der Waals surface area contributed by atoms with Gasteiger partial charge in [0.1, 0.15) is 5.60 Å². The van der Waals surface area contributed by atoms with Crippen LogP contribution in [-0.4, -0.2) is 29.1 Å². The largest absolute Gasteiger partial charge is 0.384 e. The summed E-state index contributed by atoms with van der Waals surface area (Å²) in [5.74, 6) is -0.0475. The minimum absolute atomic E-state index is 0.0475. The maximum absolute atomic E-state index is 11.6. The molecule has 0 aliphatic heterocycles. The van der Waals surface area contributed by atoms with E-state index in [4.69, 9.17) is 0 Å². The standard InChI is InChI=1S/C13H19NO2S/c1-10(17-3)12(15)14-9-13(2,16)11-7-5-4-6-8-11/h4-8,10,16H,9H2,1-3H3,(H,14,15)/t10-,13-/m0/s1. The Labute approximate surface area is 107 Å². The number of benzene rings is 1. The van der Waals surface area contributed by atoms with Gasteiger partial charge < -0.3 is 10.4 Å². The zero-order valence-electron chi connectivity index (χ0n) is 10.4. The summed E-state index contributed by atoms with van der Waals surface area (Å²) >= 11 is 1.49. The Bertz CT molecular complexity index is 365. The lowest BCUT2D eigenvalue weighted by atomic mass is 9.96. The minimum atomic E-state index is -1.03. The first-order valence-electron chi connectivity index (χ1n) is 5.56. The predicted octanol–water partition coefficient (Wildman–Crippen LogP) is 1.76. The SMILES string of the molecule is CS[C@@H](C)C(=O)NC[C@](C)(O)c1ccccc1. The van der Waals surface area contributed by atoms with Gasteiger partial charge in [-0.15, -0.1) is 0 Å². The monoisotopic (exact) mass is 253 g/mol.